The summed E-state index contributed by atoms with van der Waals surface area (Å²) in [5.74, 6) is -0.453. The topological polar surface area (TPSA) is 37.4 Å². The highest BCUT2D eigenvalue weighted by atomic mass is 32.2. The lowest BCUT2D eigenvalue weighted by molar-refractivity contribution is 0.0760. The number of nitrogens with zero attached hydrogens (tertiary/aromatic N) is 1. The van der Waals surface area contributed by atoms with Crippen LogP contribution in [0.2, 0.25) is 0 Å². The molecular weight excluding hydrogens is 393 g/mol. The number of rotatable bonds is 1. The second-order valence-corrected chi connectivity index (χ2v) is 8.76. The molecule has 2 aliphatic heterocycles. The van der Waals surface area contributed by atoms with E-state index in [1.807, 2.05) is 34.5 Å². The van der Waals surface area contributed by atoms with Crippen molar-refractivity contribution in [1.82, 2.24) is 4.90 Å². The minimum absolute atomic E-state index is 0.0214. The minimum atomic E-state index is -0.350. The molecule has 0 N–H and O–H groups in total. The van der Waals surface area contributed by atoms with Gasteiger partial charge in [0.15, 0.2) is 0 Å². The Bertz CT molecular complexity index is 1150. The quantitative estimate of drug-likeness (QED) is 0.499. The van der Waals surface area contributed by atoms with E-state index in [1.54, 1.807) is 24.3 Å². The van der Waals surface area contributed by atoms with Crippen molar-refractivity contribution in [3.05, 3.63) is 97.8 Å². The van der Waals surface area contributed by atoms with Gasteiger partial charge in [-0.1, -0.05) is 42.1 Å². The Morgan fingerprint density at radius 1 is 1.04 bits per heavy atom. The van der Waals surface area contributed by atoms with Crippen molar-refractivity contribution < 1.29 is 14.0 Å². The van der Waals surface area contributed by atoms with Crippen LogP contribution < -0.4 is 0 Å². The molecule has 5 rings (SSSR count). The van der Waals surface area contributed by atoms with Crippen LogP contribution in [-0.2, 0) is 6.54 Å². The van der Waals surface area contributed by atoms with Crippen LogP contribution in [0, 0.1) is 5.82 Å². The molecule has 2 aromatic carbocycles. The van der Waals surface area contributed by atoms with Crippen LogP contribution in [0.25, 0.3) is 6.08 Å². The Morgan fingerprint density at radius 3 is 2.75 bits per heavy atom. The number of allylic oxidation sites excluding steroid dienone is 1. The fourth-order valence-electron chi connectivity index (χ4n) is 3.59. The summed E-state index contributed by atoms with van der Waals surface area (Å²) < 4.78 is 13.6. The molecule has 3 nitrogen and oxygen atoms in total. The highest BCUT2D eigenvalue weighted by Crippen LogP contribution is 2.48. The average Bonchev–Trinajstić information content (AvgIpc) is 3.25. The normalized spacial score (nSPS) is 19.8. The van der Waals surface area contributed by atoms with E-state index in [2.05, 4.69) is 0 Å². The molecule has 3 heterocycles. The molecule has 6 heteroatoms. The molecule has 0 fully saturated rings. The predicted molar refractivity (Wildman–Crippen MR) is 110 cm³/mol. The highest BCUT2D eigenvalue weighted by Gasteiger charge is 2.40. The lowest BCUT2D eigenvalue weighted by Gasteiger charge is -2.27. The lowest BCUT2D eigenvalue weighted by atomic mass is 10.1. The molecule has 0 radical (unpaired) electrons. The van der Waals surface area contributed by atoms with E-state index in [0.29, 0.717) is 28.1 Å². The number of hydrogen-bond donors (Lipinski definition) is 0. The van der Waals surface area contributed by atoms with Gasteiger partial charge in [0, 0.05) is 16.0 Å². The second-order valence-electron chi connectivity index (χ2n) is 6.64. The zero-order valence-electron chi connectivity index (χ0n) is 14.6. The first-order valence-corrected chi connectivity index (χ1v) is 10.5. The fourth-order valence-corrected chi connectivity index (χ4v) is 5.75. The highest BCUT2D eigenvalue weighted by molar-refractivity contribution is 8.04. The fraction of sp³-hybridized carbons (Fsp3) is 0.0909. The molecule has 0 saturated carbocycles. The van der Waals surface area contributed by atoms with Crippen molar-refractivity contribution in [3.63, 3.8) is 0 Å². The maximum atomic E-state index is 13.6. The van der Waals surface area contributed by atoms with Crippen molar-refractivity contribution in [2.75, 3.05) is 0 Å². The summed E-state index contributed by atoms with van der Waals surface area (Å²) in [5.41, 5.74) is 2.83. The molecule has 0 aliphatic carbocycles. The van der Waals surface area contributed by atoms with Gasteiger partial charge in [-0.3, -0.25) is 9.59 Å². The number of fused-ring (bicyclic) bond motifs is 4. The van der Waals surface area contributed by atoms with Crippen LogP contribution in [-0.4, -0.2) is 16.6 Å². The summed E-state index contributed by atoms with van der Waals surface area (Å²) >= 11 is 2.84. The van der Waals surface area contributed by atoms with E-state index in [0.717, 1.165) is 10.4 Å². The van der Waals surface area contributed by atoms with Crippen LogP contribution in [0.15, 0.2) is 64.9 Å². The van der Waals surface area contributed by atoms with Crippen molar-refractivity contribution >= 4 is 40.9 Å². The Balaban J connectivity index is 1.67. The number of ketones is 1. The molecule has 2 aliphatic rings. The van der Waals surface area contributed by atoms with Crippen LogP contribution >= 0.6 is 23.1 Å². The van der Waals surface area contributed by atoms with Gasteiger partial charge in [0.05, 0.1) is 11.4 Å². The Labute approximate surface area is 169 Å². The summed E-state index contributed by atoms with van der Waals surface area (Å²) in [5, 5.41) is 1.60. The van der Waals surface area contributed by atoms with E-state index >= 15 is 0 Å². The van der Waals surface area contributed by atoms with Gasteiger partial charge in [-0.2, -0.15) is 0 Å². The van der Waals surface area contributed by atoms with Gasteiger partial charge in [-0.15, -0.1) is 11.3 Å². The summed E-state index contributed by atoms with van der Waals surface area (Å²) in [6.45, 7) is 0.414. The van der Waals surface area contributed by atoms with Crippen molar-refractivity contribution in [3.8, 4) is 0 Å². The first-order chi connectivity index (χ1) is 13.6. The number of benzene rings is 2. The molecule has 0 unspecified atom stereocenters. The maximum absolute atomic E-state index is 13.6. The third-order valence-electron chi connectivity index (χ3n) is 4.91. The van der Waals surface area contributed by atoms with E-state index in [1.165, 1.54) is 35.2 Å². The largest absolute Gasteiger partial charge is 0.317 e. The van der Waals surface area contributed by atoms with Gasteiger partial charge in [-0.05, 0) is 46.8 Å². The number of Topliss-reactive ketones (excluding diaryl/α,β-unsaturated/α-hetero) is 1. The van der Waals surface area contributed by atoms with E-state index in [-0.39, 0.29) is 22.9 Å². The molecule has 1 amide bonds. The molecule has 28 heavy (non-hydrogen) atoms. The van der Waals surface area contributed by atoms with Gasteiger partial charge in [0.1, 0.15) is 11.2 Å². The maximum Gasteiger partial charge on any atom is 0.255 e. The zero-order chi connectivity index (χ0) is 19.3. The third-order valence-corrected chi connectivity index (χ3v) is 7.11. The SMILES string of the molecule is O=C1/C(=C/c2cccc(F)c2)S[C@@H]2c3ccccc3C(=O)N2Cc2sccc21. The molecule has 3 aromatic rings. The zero-order valence-corrected chi connectivity index (χ0v) is 16.2. The van der Waals surface area contributed by atoms with E-state index in [9.17, 15) is 14.0 Å². The molecule has 0 spiro atoms. The van der Waals surface area contributed by atoms with Gasteiger partial charge in [0.25, 0.3) is 5.91 Å². The Hall–Kier alpha value is -2.70. The number of halogens is 1. The number of carbonyl (C=O) groups excluding carboxylic acids is 2. The molecule has 0 bridgehead atoms. The number of thiophene rings is 1. The minimum Gasteiger partial charge on any atom is -0.317 e. The third kappa shape index (κ3) is 2.80. The van der Waals surface area contributed by atoms with Crippen molar-refractivity contribution in [2.24, 2.45) is 0 Å². The lowest BCUT2D eigenvalue weighted by Crippen LogP contribution is -2.28. The summed E-state index contributed by atoms with van der Waals surface area (Å²) in [6, 6.07) is 15.5. The number of thioether (sulfide) groups is 1. The molecule has 138 valence electrons. The van der Waals surface area contributed by atoms with Gasteiger partial charge in [-0.25, -0.2) is 4.39 Å². The summed E-state index contributed by atoms with van der Waals surface area (Å²) in [7, 11) is 0. The smallest absolute Gasteiger partial charge is 0.255 e. The molecular formula is C22H14FNO2S2. The van der Waals surface area contributed by atoms with Crippen molar-refractivity contribution in [2.45, 2.75) is 11.9 Å². The Kier molecular flexibility index (Phi) is 4.18. The molecule has 1 atom stereocenters. The number of hydrogen-bond acceptors (Lipinski definition) is 4. The van der Waals surface area contributed by atoms with Crippen LogP contribution in [0.1, 0.15) is 42.1 Å². The molecule has 0 saturated heterocycles. The molecule has 1 aromatic heterocycles. The van der Waals surface area contributed by atoms with Gasteiger partial charge >= 0.3 is 0 Å². The second kappa shape index (κ2) is 6.72. The monoisotopic (exact) mass is 407 g/mol. The van der Waals surface area contributed by atoms with E-state index < -0.39 is 0 Å². The first-order valence-electron chi connectivity index (χ1n) is 8.77. The van der Waals surface area contributed by atoms with Crippen molar-refractivity contribution in [1.29, 1.82) is 0 Å². The van der Waals surface area contributed by atoms with Crippen LogP contribution in [0.5, 0.6) is 0 Å². The van der Waals surface area contributed by atoms with Gasteiger partial charge in [0.2, 0.25) is 5.78 Å². The van der Waals surface area contributed by atoms with E-state index in [4.69, 9.17) is 0 Å². The van der Waals surface area contributed by atoms with Crippen LogP contribution in [0.3, 0.4) is 0 Å². The average molecular weight is 407 g/mol. The predicted octanol–water partition coefficient (Wildman–Crippen LogP) is 5.51. The summed E-state index contributed by atoms with van der Waals surface area (Å²) in [4.78, 5) is 29.4. The first kappa shape index (κ1) is 17.4. The standard InChI is InChI=1S/C22H14FNO2S2/c23-14-5-3-4-13(10-14)11-18-20(25)17-8-9-27-19(17)12-24-21(26)15-6-1-2-7-16(15)22(24)28-18/h1-11,22H,12H2/b18-11-/t22-/m1/s1. The van der Waals surface area contributed by atoms with Gasteiger partial charge < -0.3 is 4.90 Å². The number of amides is 1. The summed E-state index contributed by atoms with van der Waals surface area (Å²) in [6.07, 6.45) is 1.71. The van der Waals surface area contributed by atoms with Crippen LogP contribution in [0.4, 0.5) is 4.39 Å². The Morgan fingerprint density at radius 2 is 1.89 bits per heavy atom. The number of carbonyl (C=O) groups is 2.